The number of hydrogen-bond donors (Lipinski definition) is 1. The predicted octanol–water partition coefficient (Wildman–Crippen LogP) is 1.17. The number of alkyl halides is 3. The van der Waals surface area contributed by atoms with Crippen LogP contribution >= 0.6 is 0 Å². The Bertz CT molecular complexity index is 208. The second kappa shape index (κ2) is 4.16. The van der Waals surface area contributed by atoms with Crippen molar-refractivity contribution in [1.29, 1.82) is 0 Å². The lowest BCUT2D eigenvalue weighted by Gasteiger charge is -2.25. The van der Waals surface area contributed by atoms with E-state index in [9.17, 15) is 23.1 Å². The van der Waals surface area contributed by atoms with E-state index < -0.39 is 30.7 Å². The first-order valence-corrected chi connectivity index (χ1v) is 4.09. The van der Waals surface area contributed by atoms with Crippen LogP contribution in [0.5, 0.6) is 0 Å². The molecule has 0 heterocycles. The summed E-state index contributed by atoms with van der Waals surface area (Å²) in [5, 5.41) is 9.21. The van der Waals surface area contributed by atoms with Crippen molar-refractivity contribution in [2.45, 2.75) is 32.0 Å². The van der Waals surface area contributed by atoms with E-state index in [4.69, 9.17) is 0 Å². The molecule has 1 amide bonds. The largest absolute Gasteiger partial charge is 0.390 e. The topological polar surface area (TPSA) is 40.5 Å². The first-order valence-electron chi connectivity index (χ1n) is 4.09. The van der Waals surface area contributed by atoms with Crippen molar-refractivity contribution in [3.05, 3.63) is 0 Å². The number of likely N-dealkylation sites (N-methyl/N-ethyl adjacent to an activating group) is 1. The Labute approximate surface area is 80.5 Å². The molecule has 0 saturated heterocycles. The highest BCUT2D eigenvalue weighted by atomic mass is 19.4. The van der Waals surface area contributed by atoms with Gasteiger partial charge >= 0.3 is 6.18 Å². The predicted molar refractivity (Wildman–Crippen MR) is 44.6 cm³/mol. The molecule has 0 rings (SSSR count). The SMILES string of the molecule is CN(CCC(F)(F)F)C(=O)C(C)(C)O. The monoisotopic (exact) mass is 213 g/mol. The van der Waals surface area contributed by atoms with Gasteiger partial charge in [-0.1, -0.05) is 0 Å². The van der Waals surface area contributed by atoms with Crippen molar-refractivity contribution < 1.29 is 23.1 Å². The number of amides is 1. The van der Waals surface area contributed by atoms with Crippen LogP contribution < -0.4 is 0 Å². The number of nitrogens with zero attached hydrogens (tertiary/aromatic N) is 1. The fourth-order valence-corrected chi connectivity index (χ4v) is 0.863. The molecule has 0 atom stereocenters. The molecule has 0 aliphatic heterocycles. The molecule has 0 fully saturated rings. The maximum atomic E-state index is 11.8. The first kappa shape index (κ1) is 13.2. The van der Waals surface area contributed by atoms with Gasteiger partial charge in [0.05, 0.1) is 6.42 Å². The summed E-state index contributed by atoms with van der Waals surface area (Å²) in [5.41, 5.74) is -1.62. The van der Waals surface area contributed by atoms with Crippen LogP contribution in [0.15, 0.2) is 0 Å². The van der Waals surface area contributed by atoms with Crippen molar-refractivity contribution in [2.75, 3.05) is 13.6 Å². The Kier molecular flexibility index (Phi) is 3.93. The summed E-state index contributed by atoms with van der Waals surface area (Å²) in [6.45, 7) is 2.03. The molecular formula is C8H14F3NO2. The number of carbonyl (C=O) groups excluding carboxylic acids is 1. The maximum Gasteiger partial charge on any atom is 0.390 e. The molecule has 0 unspecified atom stereocenters. The Balaban J connectivity index is 4.11. The highest BCUT2D eigenvalue weighted by Gasteiger charge is 2.31. The molecular weight excluding hydrogens is 199 g/mol. The van der Waals surface area contributed by atoms with Gasteiger partial charge in [0.2, 0.25) is 0 Å². The van der Waals surface area contributed by atoms with Gasteiger partial charge in [0, 0.05) is 13.6 Å². The van der Waals surface area contributed by atoms with Crippen LogP contribution in [0.3, 0.4) is 0 Å². The lowest BCUT2D eigenvalue weighted by atomic mass is 10.1. The molecule has 0 aromatic heterocycles. The molecule has 3 nitrogen and oxygen atoms in total. The summed E-state index contributed by atoms with van der Waals surface area (Å²) in [4.78, 5) is 12.1. The number of hydrogen-bond acceptors (Lipinski definition) is 2. The third-order valence-corrected chi connectivity index (χ3v) is 1.60. The fourth-order valence-electron chi connectivity index (χ4n) is 0.863. The van der Waals surface area contributed by atoms with Crippen LogP contribution in [0.2, 0.25) is 0 Å². The molecule has 0 aromatic carbocycles. The van der Waals surface area contributed by atoms with Crippen LogP contribution in [0.4, 0.5) is 13.2 Å². The molecule has 84 valence electrons. The van der Waals surface area contributed by atoms with Crippen LogP contribution in [0, 0.1) is 0 Å². The van der Waals surface area contributed by atoms with E-state index in [0.717, 1.165) is 4.90 Å². The minimum atomic E-state index is -4.28. The van der Waals surface area contributed by atoms with Gasteiger partial charge in [-0.2, -0.15) is 13.2 Å². The van der Waals surface area contributed by atoms with Crippen molar-refractivity contribution in [3.8, 4) is 0 Å². The zero-order chi connectivity index (χ0) is 11.6. The van der Waals surface area contributed by atoms with Gasteiger partial charge in [-0.15, -0.1) is 0 Å². The molecule has 1 N–H and O–H groups in total. The summed E-state index contributed by atoms with van der Waals surface area (Å²) in [6.07, 6.45) is -5.35. The standard InChI is InChI=1S/C8H14F3NO2/c1-7(2,14)6(13)12(3)5-4-8(9,10)11/h14H,4-5H2,1-3H3. The fraction of sp³-hybridized carbons (Fsp3) is 0.875. The lowest BCUT2D eigenvalue weighted by molar-refractivity contribution is -0.154. The normalized spacial score (nSPS) is 12.8. The Morgan fingerprint density at radius 2 is 1.79 bits per heavy atom. The van der Waals surface area contributed by atoms with Gasteiger partial charge in [-0.25, -0.2) is 0 Å². The van der Waals surface area contributed by atoms with E-state index in [1.54, 1.807) is 0 Å². The minimum absolute atomic E-state index is 0.438. The van der Waals surface area contributed by atoms with E-state index in [1.807, 2.05) is 0 Å². The van der Waals surface area contributed by atoms with Crippen molar-refractivity contribution in [3.63, 3.8) is 0 Å². The third kappa shape index (κ3) is 5.06. The first-order chi connectivity index (χ1) is 6.04. The molecule has 0 aliphatic rings. The average molecular weight is 213 g/mol. The molecule has 0 saturated carbocycles. The summed E-state index contributed by atoms with van der Waals surface area (Å²) in [7, 11) is 1.23. The second-order valence-electron chi connectivity index (χ2n) is 3.65. The zero-order valence-corrected chi connectivity index (χ0v) is 8.35. The number of aliphatic hydroxyl groups is 1. The van der Waals surface area contributed by atoms with E-state index in [-0.39, 0.29) is 0 Å². The Morgan fingerprint density at radius 3 is 2.07 bits per heavy atom. The average Bonchev–Trinajstić information content (AvgIpc) is 1.95. The minimum Gasteiger partial charge on any atom is -0.381 e. The number of rotatable bonds is 3. The number of halogens is 3. The van der Waals surface area contributed by atoms with Gasteiger partial charge in [-0.05, 0) is 13.8 Å². The van der Waals surface area contributed by atoms with Crippen LogP contribution in [-0.4, -0.2) is 41.3 Å². The van der Waals surface area contributed by atoms with E-state index >= 15 is 0 Å². The lowest BCUT2D eigenvalue weighted by Crippen LogP contribution is -2.44. The van der Waals surface area contributed by atoms with Crippen molar-refractivity contribution in [2.24, 2.45) is 0 Å². The van der Waals surface area contributed by atoms with Gasteiger partial charge in [0.15, 0.2) is 0 Å². The molecule has 14 heavy (non-hydrogen) atoms. The second-order valence-corrected chi connectivity index (χ2v) is 3.65. The zero-order valence-electron chi connectivity index (χ0n) is 8.35. The van der Waals surface area contributed by atoms with Crippen LogP contribution in [0.1, 0.15) is 20.3 Å². The summed E-state index contributed by atoms with van der Waals surface area (Å²) in [5.74, 6) is -0.721. The summed E-state index contributed by atoms with van der Waals surface area (Å²) in [6, 6.07) is 0. The van der Waals surface area contributed by atoms with Gasteiger partial charge in [-0.3, -0.25) is 4.79 Å². The molecule has 0 bridgehead atoms. The van der Waals surface area contributed by atoms with Crippen molar-refractivity contribution >= 4 is 5.91 Å². The highest BCUT2D eigenvalue weighted by molar-refractivity contribution is 5.83. The maximum absolute atomic E-state index is 11.8. The molecule has 0 aromatic rings. The summed E-state index contributed by atoms with van der Waals surface area (Å²) < 4.78 is 35.3. The third-order valence-electron chi connectivity index (χ3n) is 1.60. The smallest absolute Gasteiger partial charge is 0.381 e. The Hall–Kier alpha value is -0.780. The van der Waals surface area contributed by atoms with E-state index in [0.29, 0.717) is 0 Å². The van der Waals surface area contributed by atoms with Crippen LogP contribution in [-0.2, 0) is 4.79 Å². The molecule has 0 radical (unpaired) electrons. The Morgan fingerprint density at radius 1 is 1.36 bits per heavy atom. The molecule has 6 heteroatoms. The summed E-state index contributed by atoms with van der Waals surface area (Å²) >= 11 is 0. The van der Waals surface area contributed by atoms with E-state index in [2.05, 4.69) is 0 Å². The number of carbonyl (C=O) groups is 1. The highest BCUT2D eigenvalue weighted by Crippen LogP contribution is 2.20. The van der Waals surface area contributed by atoms with Gasteiger partial charge < -0.3 is 10.0 Å². The molecule has 0 spiro atoms. The van der Waals surface area contributed by atoms with Crippen LogP contribution in [0.25, 0.3) is 0 Å². The molecule has 0 aliphatic carbocycles. The quantitative estimate of drug-likeness (QED) is 0.764. The van der Waals surface area contributed by atoms with Gasteiger partial charge in [0.25, 0.3) is 5.91 Å². The van der Waals surface area contributed by atoms with Crippen molar-refractivity contribution in [1.82, 2.24) is 4.90 Å². The van der Waals surface area contributed by atoms with E-state index in [1.165, 1.54) is 20.9 Å². The van der Waals surface area contributed by atoms with Gasteiger partial charge in [0.1, 0.15) is 5.60 Å².